The van der Waals surface area contributed by atoms with Gasteiger partial charge in [-0.25, -0.2) is 4.39 Å². The molecule has 1 aliphatic heterocycles. The summed E-state index contributed by atoms with van der Waals surface area (Å²) in [5.41, 5.74) is 1.13. The molecule has 25 heavy (non-hydrogen) atoms. The van der Waals surface area contributed by atoms with Crippen molar-refractivity contribution >= 4 is 11.6 Å². The lowest BCUT2D eigenvalue weighted by atomic mass is 10.1. The fourth-order valence-electron chi connectivity index (χ4n) is 2.82. The van der Waals surface area contributed by atoms with Gasteiger partial charge in [0, 0.05) is 24.2 Å². The van der Waals surface area contributed by atoms with Gasteiger partial charge in [-0.2, -0.15) is 0 Å². The number of hydrogen-bond acceptors (Lipinski definition) is 4. The number of morpholine rings is 1. The zero-order valence-electron chi connectivity index (χ0n) is 13.4. The average molecular weight is 344 g/mol. The first kappa shape index (κ1) is 17.0. The number of amides is 1. The van der Waals surface area contributed by atoms with Crippen LogP contribution in [0.5, 0.6) is 0 Å². The third kappa shape index (κ3) is 4.00. The number of non-ortho nitro benzene ring substituents is 1. The molecule has 0 unspecified atom stereocenters. The van der Waals surface area contributed by atoms with Crippen molar-refractivity contribution in [2.24, 2.45) is 0 Å². The van der Waals surface area contributed by atoms with E-state index in [1.807, 2.05) is 0 Å². The quantitative estimate of drug-likeness (QED) is 0.631. The molecule has 2 aromatic carbocycles. The maximum absolute atomic E-state index is 13.9. The maximum atomic E-state index is 13.9. The van der Waals surface area contributed by atoms with Crippen LogP contribution in [-0.2, 0) is 16.0 Å². The minimum atomic E-state index is -0.490. The van der Waals surface area contributed by atoms with Crippen molar-refractivity contribution in [3.63, 3.8) is 0 Å². The summed E-state index contributed by atoms with van der Waals surface area (Å²) in [6, 6.07) is 12.3. The van der Waals surface area contributed by atoms with Crippen molar-refractivity contribution < 1.29 is 18.8 Å². The topological polar surface area (TPSA) is 72.7 Å². The summed E-state index contributed by atoms with van der Waals surface area (Å²) in [6.45, 7) is 1.06. The highest BCUT2D eigenvalue weighted by atomic mass is 19.1. The number of carbonyl (C=O) groups excluding carboxylic acids is 1. The molecule has 1 heterocycles. The van der Waals surface area contributed by atoms with Crippen LogP contribution in [0.4, 0.5) is 10.1 Å². The summed E-state index contributed by atoms with van der Waals surface area (Å²) in [4.78, 5) is 24.3. The first-order chi connectivity index (χ1) is 12.0. The van der Waals surface area contributed by atoms with Crippen molar-refractivity contribution in [1.82, 2.24) is 4.90 Å². The number of rotatable bonds is 4. The van der Waals surface area contributed by atoms with Gasteiger partial charge in [0.15, 0.2) is 0 Å². The molecular formula is C18H17FN2O4. The Balaban J connectivity index is 1.66. The molecule has 130 valence electrons. The van der Waals surface area contributed by atoms with Crippen LogP contribution in [0, 0.1) is 15.9 Å². The van der Waals surface area contributed by atoms with Gasteiger partial charge in [0.05, 0.1) is 24.5 Å². The first-order valence-corrected chi connectivity index (χ1v) is 7.92. The van der Waals surface area contributed by atoms with Gasteiger partial charge in [0.1, 0.15) is 11.9 Å². The molecule has 1 saturated heterocycles. The average Bonchev–Trinajstić information content (AvgIpc) is 2.62. The number of ether oxygens (including phenoxy) is 1. The van der Waals surface area contributed by atoms with Crippen molar-refractivity contribution in [2.75, 3.05) is 19.7 Å². The van der Waals surface area contributed by atoms with E-state index in [9.17, 15) is 19.3 Å². The first-order valence-electron chi connectivity index (χ1n) is 7.92. The van der Waals surface area contributed by atoms with Crippen molar-refractivity contribution in [3.8, 4) is 0 Å². The van der Waals surface area contributed by atoms with Crippen LogP contribution >= 0.6 is 0 Å². The van der Waals surface area contributed by atoms with Crippen molar-refractivity contribution in [1.29, 1.82) is 0 Å². The molecule has 6 nitrogen and oxygen atoms in total. The Kier molecular flexibility index (Phi) is 5.04. The molecule has 7 heteroatoms. The van der Waals surface area contributed by atoms with Crippen LogP contribution in [0.1, 0.15) is 17.2 Å². The molecule has 0 radical (unpaired) electrons. The van der Waals surface area contributed by atoms with E-state index < -0.39 is 11.0 Å². The third-order valence-corrected chi connectivity index (χ3v) is 4.17. The third-order valence-electron chi connectivity index (χ3n) is 4.17. The Morgan fingerprint density at radius 2 is 1.96 bits per heavy atom. The van der Waals surface area contributed by atoms with E-state index in [0.29, 0.717) is 24.3 Å². The minimum absolute atomic E-state index is 0.0119. The second-order valence-corrected chi connectivity index (χ2v) is 5.82. The number of hydrogen-bond donors (Lipinski definition) is 0. The van der Waals surface area contributed by atoms with Crippen LogP contribution in [-0.4, -0.2) is 35.4 Å². The molecule has 0 aromatic heterocycles. The molecule has 1 fully saturated rings. The molecule has 3 rings (SSSR count). The smallest absolute Gasteiger partial charge is 0.269 e. The van der Waals surface area contributed by atoms with Gasteiger partial charge < -0.3 is 9.64 Å². The second kappa shape index (κ2) is 7.40. The summed E-state index contributed by atoms with van der Waals surface area (Å²) < 4.78 is 19.5. The van der Waals surface area contributed by atoms with Crippen LogP contribution in [0.15, 0.2) is 48.5 Å². The van der Waals surface area contributed by atoms with E-state index in [0.717, 1.165) is 0 Å². The summed E-state index contributed by atoms with van der Waals surface area (Å²) in [6.07, 6.45) is -0.349. The summed E-state index contributed by atoms with van der Waals surface area (Å²) in [7, 11) is 0. The van der Waals surface area contributed by atoms with Gasteiger partial charge in [-0.15, -0.1) is 0 Å². The summed E-state index contributed by atoms with van der Waals surface area (Å²) in [5.74, 6) is -0.462. The summed E-state index contributed by atoms with van der Waals surface area (Å²) >= 11 is 0. The fourth-order valence-corrected chi connectivity index (χ4v) is 2.82. The van der Waals surface area contributed by atoms with Crippen LogP contribution in [0.3, 0.4) is 0 Å². The van der Waals surface area contributed by atoms with E-state index in [1.165, 1.54) is 18.2 Å². The maximum Gasteiger partial charge on any atom is 0.269 e. The van der Waals surface area contributed by atoms with Crippen molar-refractivity contribution in [2.45, 2.75) is 12.5 Å². The molecule has 0 spiro atoms. The van der Waals surface area contributed by atoms with Crippen LogP contribution in [0.2, 0.25) is 0 Å². The largest absolute Gasteiger partial charge is 0.370 e. The lowest BCUT2D eigenvalue weighted by Gasteiger charge is -2.33. The Bertz CT molecular complexity index is 779. The second-order valence-electron chi connectivity index (χ2n) is 5.82. The monoisotopic (exact) mass is 344 g/mol. The number of nitrogens with zero attached hydrogens (tertiary/aromatic N) is 2. The fraction of sp³-hybridized carbons (Fsp3) is 0.278. The lowest BCUT2D eigenvalue weighted by molar-refractivity contribution is -0.384. The number of benzene rings is 2. The Hall–Kier alpha value is -2.80. The molecule has 0 aliphatic carbocycles. The van der Waals surface area contributed by atoms with E-state index in [-0.39, 0.29) is 30.4 Å². The van der Waals surface area contributed by atoms with Gasteiger partial charge in [-0.05, 0) is 11.6 Å². The predicted molar refractivity (Wildman–Crippen MR) is 88.5 cm³/mol. The van der Waals surface area contributed by atoms with Crippen molar-refractivity contribution in [3.05, 3.63) is 75.6 Å². The van der Waals surface area contributed by atoms with E-state index in [1.54, 1.807) is 35.2 Å². The van der Waals surface area contributed by atoms with E-state index in [2.05, 4.69) is 0 Å². The lowest BCUT2D eigenvalue weighted by Crippen LogP contribution is -2.43. The van der Waals surface area contributed by atoms with E-state index in [4.69, 9.17) is 4.74 Å². The van der Waals surface area contributed by atoms with Gasteiger partial charge in [0.25, 0.3) is 5.69 Å². The molecule has 1 atom stereocenters. The van der Waals surface area contributed by atoms with Gasteiger partial charge >= 0.3 is 0 Å². The summed E-state index contributed by atoms with van der Waals surface area (Å²) in [5, 5.41) is 10.7. The number of nitro groups is 1. The van der Waals surface area contributed by atoms with Gasteiger partial charge in [-0.3, -0.25) is 14.9 Å². The minimum Gasteiger partial charge on any atom is -0.370 e. The highest BCUT2D eigenvalue weighted by Gasteiger charge is 2.27. The van der Waals surface area contributed by atoms with Crippen LogP contribution in [0.25, 0.3) is 0 Å². The molecule has 0 N–H and O–H groups in total. The van der Waals surface area contributed by atoms with E-state index >= 15 is 0 Å². The highest BCUT2D eigenvalue weighted by Crippen LogP contribution is 2.25. The Morgan fingerprint density at radius 3 is 2.64 bits per heavy atom. The molecular weight excluding hydrogens is 327 g/mol. The molecule has 1 aliphatic rings. The van der Waals surface area contributed by atoms with Crippen LogP contribution < -0.4 is 0 Å². The number of carbonyl (C=O) groups is 1. The van der Waals surface area contributed by atoms with Gasteiger partial charge in [-0.1, -0.05) is 30.3 Å². The molecule has 0 bridgehead atoms. The zero-order chi connectivity index (χ0) is 17.8. The highest BCUT2D eigenvalue weighted by molar-refractivity contribution is 5.79. The number of halogens is 1. The SMILES string of the molecule is O=C(Cc1ccc([N+](=O)[O-])cc1)N1CCO[C@H](c2ccccc2F)C1. The standard InChI is InChI=1S/C18H17FN2O4/c19-16-4-2-1-3-15(16)17-12-20(9-10-25-17)18(22)11-13-5-7-14(8-6-13)21(23)24/h1-8,17H,9-12H2/t17-/m0/s1. The Labute approximate surface area is 144 Å². The van der Waals surface area contributed by atoms with Gasteiger partial charge in [0.2, 0.25) is 5.91 Å². The molecule has 1 amide bonds. The normalized spacial score (nSPS) is 17.3. The molecule has 0 saturated carbocycles. The Morgan fingerprint density at radius 1 is 1.24 bits per heavy atom. The number of nitro benzene ring substituents is 1. The predicted octanol–water partition coefficient (Wildman–Crippen LogP) is 2.88. The zero-order valence-corrected chi connectivity index (χ0v) is 13.4. The molecule has 2 aromatic rings.